The molecule has 0 aromatic carbocycles. The van der Waals surface area contributed by atoms with Crippen LogP contribution in [-0.2, 0) is 5.54 Å². The van der Waals surface area contributed by atoms with Gasteiger partial charge in [0, 0.05) is 24.0 Å². The van der Waals surface area contributed by atoms with E-state index in [1.54, 1.807) is 24.7 Å². The Morgan fingerprint density at radius 3 is 2.58 bits per heavy atom. The van der Waals surface area contributed by atoms with Gasteiger partial charge in [0.2, 0.25) is 0 Å². The van der Waals surface area contributed by atoms with Gasteiger partial charge in [-0.3, -0.25) is 5.32 Å². The summed E-state index contributed by atoms with van der Waals surface area (Å²) in [5.74, 6) is 0.676. The fourth-order valence-corrected chi connectivity index (χ4v) is 2.64. The lowest BCUT2D eigenvalue weighted by molar-refractivity contribution is 0.175. The second-order valence-electron chi connectivity index (χ2n) is 4.42. The second-order valence-corrected chi connectivity index (χ2v) is 5.32. The molecular weight excluding hydrogens is 262 g/mol. The molecule has 0 radical (unpaired) electrons. The molecular formula is C12H13N5OS. The van der Waals surface area contributed by atoms with Crippen molar-refractivity contribution in [1.82, 2.24) is 20.3 Å². The van der Waals surface area contributed by atoms with Gasteiger partial charge in [-0.1, -0.05) is 0 Å². The van der Waals surface area contributed by atoms with Gasteiger partial charge < -0.3 is 5.32 Å². The topological polar surface area (TPSA) is 79.8 Å². The Morgan fingerprint density at radius 2 is 2.00 bits per heavy atom. The minimum atomic E-state index is -0.428. The van der Waals surface area contributed by atoms with Crippen molar-refractivity contribution < 1.29 is 4.79 Å². The minimum absolute atomic E-state index is 0.262. The van der Waals surface area contributed by atoms with Gasteiger partial charge in [-0.15, -0.1) is 11.3 Å². The third-order valence-corrected chi connectivity index (χ3v) is 3.90. The predicted octanol–water partition coefficient (Wildman–Crippen LogP) is 2.13. The molecule has 0 bridgehead atoms. The van der Waals surface area contributed by atoms with Crippen molar-refractivity contribution in [2.24, 2.45) is 0 Å². The number of thiazole rings is 1. The number of anilines is 1. The third-order valence-electron chi connectivity index (χ3n) is 3.21. The molecule has 0 atom stereocenters. The highest BCUT2D eigenvalue weighted by atomic mass is 32.1. The Labute approximate surface area is 114 Å². The monoisotopic (exact) mass is 275 g/mol. The van der Waals surface area contributed by atoms with Crippen molar-refractivity contribution in [1.29, 1.82) is 0 Å². The summed E-state index contributed by atoms with van der Waals surface area (Å²) in [7, 11) is 0. The molecule has 1 aliphatic rings. The van der Waals surface area contributed by atoms with Crippen LogP contribution in [0.4, 0.5) is 9.93 Å². The number of nitrogens with zero attached hydrogens (tertiary/aromatic N) is 3. The number of hydrogen-bond donors (Lipinski definition) is 2. The van der Waals surface area contributed by atoms with Crippen molar-refractivity contribution in [3.8, 4) is 0 Å². The highest BCUT2D eigenvalue weighted by Gasteiger charge is 2.42. The lowest BCUT2D eigenvalue weighted by Gasteiger charge is -2.40. The average Bonchev–Trinajstić information content (AvgIpc) is 2.88. The van der Waals surface area contributed by atoms with E-state index >= 15 is 0 Å². The largest absolute Gasteiger partial charge is 0.325 e. The van der Waals surface area contributed by atoms with Crippen LogP contribution in [0, 0.1) is 0 Å². The molecule has 7 heteroatoms. The van der Waals surface area contributed by atoms with Crippen LogP contribution in [0.3, 0.4) is 0 Å². The Kier molecular flexibility index (Phi) is 3.12. The second kappa shape index (κ2) is 4.93. The molecule has 1 aliphatic carbocycles. The van der Waals surface area contributed by atoms with E-state index in [2.05, 4.69) is 25.6 Å². The van der Waals surface area contributed by atoms with E-state index < -0.39 is 5.54 Å². The number of carbonyl (C=O) groups is 1. The van der Waals surface area contributed by atoms with Crippen LogP contribution in [0.1, 0.15) is 25.1 Å². The first-order valence-electron chi connectivity index (χ1n) is 6.05. The van der Waals surface area contributed by atoms with Gasteiger partial charge in [-0.2, -0.15) is 0 Å². The normalized spacial score (nSPS) is 16.4. The van der Waals surface area contributed by atoms with Crippen LogP contribution in [-0.4, -0.2) is 21.0 Å². The summed E-state index contributed by atoms with van der Waals surface area (Å²) in [4.78, 5) is 24.5. The summed E-state index contributed by atoms with van der Waals surface area (Å²) in [6.45, 7) is 0. The molecule has 0 spiro atoms. The molecule has 1 saturated carbocycles. The minimum Gasteiger partial charge on any atom is -0.325 e. The summed E-state index contributed by atoms with van der Waals surface area (Å²) in [6, 6.07) is 1.51. The van der Waals surface area contributed by atoms with Crippen LogP contribution in [0.25, 0.3) is 0 Å². The lowest BCUT2D eigenvalue weighted by Crippen LogP contribution is -2.53. The van der Waals surface area contributed by atoms with Crippen molar-refractivity contribution in [2.45, 2.75) is 24.8 Å². The molecule has 0 saturated heterocycles. The number of nitrogens with one attached hydrogen (secondary N) is 2. The number of aromatic nitrogens is 3. The summed E-state index contributed by atoms with van der Waals surface area (Å²) < 4.78 is 0. The maximum absolute atomic E-state index is 12.0. The van der Waals surface area contributed by atoms with Crippen LogP contribution >= 0.6 is 11.3 Å². The fourth-order valence-electron chi connectivity index (χ4n) is 2.11. The van der Waals surface area contributed by atoms with Gasteiger partial charge in [0.25, 0.3) is 0 Å². The molecule has 2 aromatic heterocycles. The van der Waals surface area contributed by atoms with E-state index in [9.17, 15) is 4.79 Å². The molecule has 0 unspecified atom stereocenters. The Morgan fingerprint density at radius 1 is 1.21 bits per heavy atom. The van der Waals surface area contributed by atoms with E-state index in [-0.39, 0.29) is 6.03 Å². The van der Waals surface area contributed by atoms with Gasteiger partial charge in [0.15, 0.2) is 11.0 Å². The molecule has 2 heterocycles. The van der Waals surface area contributed by atoms with E-state index in [1.807, 2.05) is 5.38 Å². The number of urea groups is 1. The number of carbonyl (C=O) groups excluding carboxylic acids is 1. The van der Waals surface area contributed by atoms with E-state index in [4.69, 9.17) is 0 Å². The van der Waals surface area contributed by atoms with Crippen LogP contribution in [0.15, 0.2) is 30.0 Å². The maximum atomic E-state index is 12.0. The first-order valence-corrected chi connectivity index (χ1v) is 6.93. The molecule has 1 fully saturated rings. The number of amides is 2. The summed E-state index contributed by atoms with van der Waals surface area (Å²) in [5, 5.41) is 8.09. The van der Waals surface area contributed by atoms with Gasteiger partial charge >= 0.3 is 6.03 Å². The van der Waals surface area contributed by atoms with Gasteiger partial charge in [-0.05, 0) is 25.3 Å². The smallest absolute Gasteiger partial charge is 0.321 e. The lowest BCUT2D eigenvalue weighted by atomic mass is 9.76. The maximum Gasteiger partial charge on any atom is 0.321 e. The van der Waals surface area contributed by atoms with Crippen molar-refractivity contribution in [3.05, 3.63) is 35.9 Å². The van der Waals surface area contributed by atoms with Crippen molar-refractivity contribution in [2.75, 3.05) is 5.32 Å². The Bertz CT molecular complexity index is 553. The summed E-state index contributed by atoms with van der Waals surface area (Å²) >= 11 is 1.38. The van der Waals surface area contributed by atoms with Gasteiger partial charge in [-0.25, -0.2) is 19.7 Å². The molecule has 2 amide bonds. The van der Waals surface area contributed by atoms with Crippen molar-refractivity contribution in [3.63, 3.8) is 0 Å². The number of rotatable bonds is 3. The average molecular weight is 275 g/mol. The van der Waals surface area contributed by atoms with Crippen LogP contribution in [0.2, 0.25) is 0 Å². The third kappa shape index (κ3) is 2.41. The van der Waals surface area contributed by atoms with Gasteiger partial charge in [0.1, 0.15) is 5.54 Å². The van der Waals surface area contributed by atoms with Crippen LogP contribution < -0.4 is 10.6 Å². The molecule has 19 heavy (non-hydrogen) atoms. The zero-order valence-corrected chi connectivity index (χ0v) is 11.0. The molecule has 0 aliphatic heterocycles. The van der Waals surface area contributed by atoms with Gasteiger partial charge in [0.05, 0.1) is 0 Å². The summed E-state index contributed by atoms with van der Waals surface area (Å²) in [5.41, 5.74) is -0.428. The fraction of sp³-hybridized carbons (Fsp3) is 0.333. The zero-order valence-electron chi connectivity index (χ0n) is 10.2. The summed E-state index contributed by atoms with van der Waals surface area (Å²) in [6.07, 6.45) is 7.84. The quantitative estimate of drug-likeness (QED) is 0.899. The molecule has 2 aromatic rings. The SMILES string of the molecule is O=C(Nc1nccs1)NC1(c2ncccn2)CCC1. The zero-order chi connectivity index (χ0) is 13.1. The molecule has 2 N–H and O–H groups in total. The highest BCUT2D eigenvalue weighted by Crippen LogP contribution is 2.39. The first-order chi connectivity index (χ1) is 9.28. The molecule has 3 rings (SSSR count). The number of hydrogen-bond acceptors (Lipinski definition) is 5. The standard InChI is InChI=1S/C12H13N5OS/c18-10(16-11-15-7-8-19-11)17-12(3-1-4-12)9-13-5-2-6-14-9/h2,5-8H,1,3-4H2,(H2,15,16,17,18). The molecule has 6 nitrogen and oxygen atoms in total. The van der Waals surface area contributed by atoms with Crippen LogP contribution in [0.5, 0.6) is 0 Å². The van der Waals surface area contributed by atoms with Crippen molar-refractivity contribution >= 4 is 22.5 Å². The first kappa shape index (κ1) is 12.0. The Balaban J connectivity index is 1.72. The van der Waals surface area contributed by atoms with E-state index in [0.29, 0.717) is 11.0 Å². The molecule has 98 valence electrons. The Hall–Kier alpha value is -2.02. The predicted molar refractivity (Wildman–Crippen MR) is 71.8 cm³/mol. The van der Waals surface area contributed by atoms with E-state index in [0.717, 1.165) is 19.3 Å². The highest BCUT2D eigenvalue weighted by molar-refractivity contribution is 7.13. The van der Waals surface area contributed by atoms with E-state index in [1.165, 1.54) is 11.3 Å².